The van der Waals surface area contributed by atoms with Gasteiger partial charge in [-0.15, -0.1) is 0 Å². The zero-order valence-corrected chi connectivity index (χ0v) is 16.6. The number of nitrogens with two attached hydrogens (primary N) is 1. The predicted molar refractivity (Wildman–Crippen MR) is 104 cm³/mol. The molecule has 10 nitrogen and oxygen atoms in total. The lowest BCUT2D eigenvalue weighted by Gasteiger charge is -2.34. The zero-order chi connectivity index (χ0) is 21.5. The molecule has 0 atom stereocenters. The van der Waals surface area contributed by atoms with Gasteiger partial charge in [0.05, 0.1) is 17.4 Å². The van der Waals surface area contributed by atoms with Gasteiger partial charge >= 0.3 is 0 Å². The van der Waals surface area contributed by atoms with Crippen LogP contribution in [0.5, 0.6) is 0 Å². The first-order chi connectivity index (χ1) is 14.2. The molecule has 0 unspecified atom stereocenters. The summed E-state index contributed by atoms with van der Waals surface area (Å²) >= 11 is 0. The highest BCUT2D eigenvalue weighted by Gasteiger charge is 2.42. The molecule has 158 valence electrons. The summed E-state index contributed by atoms with van der Waals surface area (Å²) < 4.78 is 27.5. The van der Waals surface area contributed by atoms with Crippen molar-refractivity contribution in [2.75, 3.05) is 11.5 Å². The molecule has 0 spiro atoms. The lowest BCUT2D eigenvalue weighted by atomic mass is 9.70. The number of hydrazine groups is 1. The summed E-state index contributed by atoms with van der Waals surface area (Å²) in [5.74, 6) is -3.19. The molecule has 0 radical (unpaired) electrons. The average molecular weight is 432 g/mol. The molecule has 3 amide bonds. The van der Waals surface area contributed by atoms with E-state index in [0.717, 1.165) is 5.56 Å². The fourth-order valence-electron chi connectivity index (χ4n) is 3.77. The number of benzene rings is 1. The molecule has 1 aromatic carbocycles. The second-order valence-corrected chi connectivity index (χ2v) is 9.78. The van der Waals surface area contributed by atoms with Crippen LogP contribution in [0.15, 0.2) is 34.9 Å². The quantitative estimate of drug-likeness (QED) is 0.566. The summed E-state index contributed by atoms with van der Waals surface area (Å²) in [5.41, 5.74) is 11.9. The summed E-state index contributed by atoms with van der Waals surface area (Å²) in [6.45, 7) is 0. The molecule has 2 aromatic rings. The van der Waals surface area contributed by atoms with Crippen LogP contribution in [0.4, 0.5) is 0 Å². The third kappa shape index (κ3) is 3.80. The van der Waals surface area contributed by atoms with E-state index < -0.39 is 27.6 Å². The van der Waals surface area contributed by atoms with E-state index in [1.807, 2.05) is 30.3 Å². The molecule has 4 N–H and O–H groups in total. The van der Waals surface area contributed by atoms with Crippen LogP contribution in [0.2, 0.25) is 0 Å². The fourth-order valence-corrected chi connectivity index (χ4v) is 5.20. The first-order valence-corrected chi connectivity index (χ1v) is 11.2. The number of sulfone groups is 1. The Labute approximate surface area is 172 Å². The largest absolute Gasteiger partial charge is 0.363 e. The highest BCUT2D eigenvalue weighted by molar-refractivity contribution is 7.92. The normalized spacial score (nSPS) is 22.4. The van der Waals surface area contributed by atoms with Gasteiger partial charge in [-0.2, -0.15) is 0 Å². The van der Waals surface area contributed by atoms with Crippen molar-refractivity contribution in [2.45, 2.75) is 18.8 Å². The van der Waals surface area contributed by atoms with E-state index in [1.165, 1.54) is 0 Å². The second-order valence-electron chi connectivity index (χ2n) is 7.62. The lowest BCUT2D eigenvalue weighted by Crippen LogP contribution is -2.53. The SMILES string of the molecule is NC(=O)c1onc(-c2ccccc2)c1C1CC(C(=O)NNC(=O)C2CS(=O)(=O)C2)C1. The number of nitrogens with one attached hydrogen (secondary N) is 2. The molecule has 30 heavy (non-hydrogen) atoms. The molecule has 0 bridgehead atoms. The lowest BCUT2D eigenvalue weighted by molar-refractivity contribution is -0.134. The van der Waals surface area contributed by atoms with E-state index in [2.05, 4.69) is 16.0 Å². The number of amides is 3. The van der Waals surface area contributed by atoms with Gasteiger partial charge in [0, 0.05) is 17.0 Å². The Morgan fingerprint density at radius 3 is 2.17 bits per heavy atom. The van der Waals surface area contributed by atoms with Crippen molar-refractivity contribution in [1.29, 1.82) is 0 Å². The molecule has 2 aliphatic rings. The van der Waals surface area contributed by atoms with Crippen LogP contribution >= 0.6 is 0 Å². The highest BCUT2D eigenvalue weighted by atomic mass is 32.2. The maximum atomic E-state index is 12.3. The van der Waals surface area contributed by atoms with Crippen LogP contribution in [-0.2, 0) is 19.4 Å². The van der Waals surface area contributed by atoms with Gasteiger partial charge in [0.25, 0.3) is 5.91 Å². The molecular weight excluding hydrogens is 412 g/mol. The average Bonchev–Trinajstić information content (AvgIpc) is 3.08. The standard InChI is InChI=1S/C19H20N4O6S/c20-17(24)16-14(15(23-29-16)10-4-2-1-3-5-10)11-6-12(7-11)18(25)21-22-19(26)13-8-30(27,28)9-13/h1-5,11-13H,6-9H2,(H2,20,24)(H,21,25)(H,22,26). The monoisotopic (exact) mass is 432 g/mol. The number of aromatic nitrogens is 1. The summed E-state index contributed by atoms with van der Waals surface area (Å²) in [7, 11) is -3.12. The smallest absolute Gasteiger partial charge is 0.287 e. The Hall–Kier alpha value is -3.21. The summed E-state index contributed by atoms with van der Waals surface area (Å²) in [6.07, 6.45) is 0.863. The third-order valence-corrected chi connectivity index (χ3v) is 7.33. The molecule has 1 aliphatic heterocycles. The molecule has 1 saturated heterocycles. The zero-order valence-electron chi connectivity index (χ0n) is 15.8. The van der Waals surface area contributed by atoms with Crippen LogP contribution in [0.1, 0.15) is 34.9 Å². The number of hydrogen-bond donors (Lipinski definition) is 3. The summed E-state index contributed by atoms with van der Waals surface area (Å²) in [4.78, 5) is 35.9. The molecule has 1 aliphatic carbocycles. The second kappa shape index (κ2) is 7.56. The molecule has 1 aromatic heterocycles. The van der Waals surface area contributed by atoms with Crippen LogP contribution < -0.4 is 16.6 Å². The van der Waals surface area contributed by atoms with E-state index in [9.17, 15) is 22.8 Å². The van der Waals surface area contributed by atoms with E-state index >= 15 is 0 Å². The van der Waals surface area contributed by atoms with Crippen LogP contribution in [0, 0.1) is 11.8 Å². The Balaban J connectivity index is 1.38. The highest BCUT2D eigenvalue weighted by Crippen LogP contribution is 2.46. The number of carbonyl (C=O) groups is 3. The molecule has 11 heteroatoms. The van der Waals surface area contributed by atoms with Crippen LogP contribution in [-0.4, -0.2) is 42.8 Å². The van der Waals surface area contributed by atoms with E-state index in [1.54, 1.807) is 0 Å². The number of hydrogen-bond acceptors (Lipinski definition) is 7. The van der Waals surface area contributed by atoms with E-state index in [-0.39, 0.29) is 35.0 Å². The summed E-state index contributed by atoms with van der Waals surface area (Å²) in [6, 6.07) is 9.21. The first kappa shape index (κ1) is 20.1. The van der Waals surface area contributed by atoms with Crippen molar-refractivity contribution in [3.63, 3.8) is 0 Å². The number of primary amides is 1. The van der Waals surface area contributed by atoms with Crippen molar-refractivity contribution < 1.29 is 27.3 Å². The van der Waals surface area contributed by atoms with Gasteiger partial charge < -0.3 is 10.3 Å². The van der Waals surface area contributed by atoms with Crippen molar-refractivity contribution in [3.05, 3.63) is 41.7 Å². The topological polar surface area (TPSA) is 161 Å². The van der Waals surface area contributed by atoms with Gasteiger partial charge in [-0.1, -0.05) is 35.5 Å². The minimum atomic E-state index is -3.12. The van der Waals surface area contributed by atoms with Gasteiger partial charge in [0.15, 0.2) is 9.84 Å². The van der Waals surface area contributed by atoms with Crippen molar-refractivity contribution in [2.24, 2.45) is 17.6 Å². The number of rotatable bonds is 5. The van der Waals surface area contributed by atoms with Gasteiger partial charge in [0.1, 0.15) is 5.69 Å². The van der Waals surface area contributed by atoms with Crippen LogP contribution in [0.25, 0.3) is 11.3 Å². The molecule has 2 fully saturated rings. The molecular formula is C19H20N4O6S. The summed E-state index contributed by atoms with van der Waals surface area (Å²) in [5, 5.41) is 4.00. The molecule has 4 rings (SSSR count). The third-order valence-electron chi connectivity index (χ3n) is 5.51. The Kier molecular flexibility index (Phi) is 5.06. The first-order valence-electron chi connectivity index (χ1n) is 9.40. The van der Waals surface area contributed by atoms with E-state index in [4.69, 9.17) is 10.3 Å². The van der Waals surface area contributed by atoms with Gasteiger partial charge in [-0.25, -0.2) is 8.42 Å². The van der Waals surface area contributed by atoms with Gasteiger partial charge in [-0.05, 0) is 18.8 Å². The number of nitrogens with zero attached hydrogens (tertiary/aromatic N) is 1. The fraction of sp³-hybridized carbons (Fsp3) is 0.368. The predicted octanol–water partition coefficient (Wildman–Crippen LogP) is 0.126. The molecule has 1 saturated carbocycles. The Morgan fingerprint density at radius 1 is 1.00 bits per heavy atom. The maximum Gasteiger partial charge on any atom is 0.287 e. The van der Waals surface area contributed by atoms with Crippen molar-refractivity contribution in [1.82, 2.24) is 16.0 Å². The number of carbonyl (C=O) groups excluding carboxylic acids is 3. The minimum Gasteiger partial charge on any atom is -0.363 e. The van der Waals surface area contributed by atoms with Crippen molar-refractivity contribution in [3.8, 4) is 11.3 Å². The van der Waals surface area contributed by atoms with Crippen LogP contribution in [0.3, 0.4) is 0 Å². The Bertz CT molecular complexity index is 1090. The van der Waals surface area contributed by atoms with Crippen molar-refractivity contribution >= 4 is 27.6 Å². The molecule has 2 heterocycles. The van der Waals surface area contributed by atoms with Gasteiger partial charge in [-0.3, -0.25) is 25.2 Å². The van der Waals surface area contributed by atoms with Gasteiger partial charge in [0.2, 0.25) is 17.6 Å². The maximum absolute atomic E-state index is 12.3. The van der Waals surface area contributed by atoms with E-state index in [0.29, 0.717) is 24.1 Å². The Morgan fingerprint density at radius 2 is 1.60 bits per heavy atom. The minimum absolute atomic E-state index is 0.0165.